The molecule has 0 bridgehead atoms. The van der Waals surface area contributed by atoms with Gasteiger partial charge in [0, 0.05) is 12.8 Å². The third kappa shape index (κ3) is 7.88. The minimum Gasteiger partial charge on any atom is -0.481 e. The van der Waals surface area contributed by atoms with Gasteiger partial charge in [0.15, 0.2) is 5.78 Å². The summed E-state index contributed by atoms with van der Waals surface area (Å²) in [6, 6.07) is 0. The van der Waals surface area contributed by atoms with E-state index in [0.717, 1.165) is 44.9 Å². The lowest BCUT2D eigenvalue weighted by Gasteiger charge is -2.30. The van der Waals surface area contributed by atoms with Crippen LogP contribution >= 0.6 is 0 Å². The van der Waals surface area contributed by atoms with Crippen LogP contribution in [0.25, 0.3) is 0 Å². The van der Waals surface area contributed by atoms with Gasteiger partial charge >= 0.3 is 5.97 Å². The van der Waals surface area contributed by atoms with Crippen LogP contribution in [0.1, 0.15) is 71.6 Å². The maximum absolute atomic E-state index is 12.2. The number of aliphatic carboxylic acids is 1. The Balaban J connectivity index is 1.83. The van der Waals surface area contributed by atoms with Gasteiger partial charge in [-0.05, 0) is 57.4 Å². The summed E-state index contributed by atoms with van der Waals surface area (Å²) < 4.78 is 11.9. The molecule has 4 atom stereocenters. The molecule has 1 aliphatic carbocycles. The molecule has 1 heterocycles. The fourth-order valence-corrected chi connectivity index (χ4v) is 4.30. The second-order valence-electron chi connectivity index (χ2n) is 8.30. The maximum Gasteiger partial charge on any atom is 0.303 e. The predicted octanol–water partition coefficient (Wildman–Crippen LogP) is 4.70. The lowest BCUT2D eigenvalue weighted by Crippen LogP contribution is -2.37. The van der Waals surface area contributed by atoms with E-state index >= 15 is 0 Å². The zero-order valence-electron chi connectivity index (χ0n) is 17.4. The van der Waals surface area contributed by atoms with E-state index in [1.807, 2.05) is 13.8 Å². The van der Waals surface area contributed by atoms with Crippen LogP contribution < -0.4 is 0 Å². The molecule has 2 aliphatic rings. The van der Waals surface area contributed by atoms with Crippen molar-refractivity contribution in [3.63, 3.8) is 0 Å². The van der Waals surface area contributed by atoms with Crippen molar-refractivity contribution in [2.24, 2.45) is 11.8 Å². The van der Waals surface area contributed by atoms with Gasteiger partial charge in [-0.2, -0.15) is 0 Å². The van der Waals surface area contributed by atoms with Crippen LogP contribution in [0.5, 0.6) is 0 Å². The zero-order valence-corrected chi connectivity index (χ0v) is 17.4. The summed E-state index contributed by atoms with van der Waals surface area (Å²) in [5.41, 5.74) is 1.24. The average Bonchev–Trinajstić information content (AvgIpc) is 3.00. The highest BCUT2D eigenvalue weighted by Gasteiger charge is 2.44. The molecule has 2 unspecified atom stereocenters. The summed E-state index contributed by atoms with van der Waals surface area (Å²) >= 11 is 0. The van der Waals surface area contributed by atoms with Crippen molar-refractivity contribution in [1.29, 1.82) is 0 Å². The number of carboxylic acid groups (broad SMARTS) is 1. The van der Waals surface area contributed by atoms with E-state index in [9.17, 15) is 9.59 Å². The normalized spacial score (nSPS) is 26.9. The molecule has 1 saturated carbocycles. The number of carbonyl (C=O) groups is 2. The number of fused-ring (bicyclic) bond motifs is 1. The number of rotatable bonds is 12. The molecule has 0 aromatic rings. The van der Waals surface area contributed by atoms with E-state index in [2.05, 4.69) is 12.2 Å². The summed E-state index contributed by atoms with van der Waals surface area (Å²) in [6.45, 7) is 5.40. The number of carbonyl (C=O) groups excluding carboxylic acids is 1. The lowest BCUT2D eigenvalue weighted by atomic mass is 9.88. The first-order valence-electron chi connectivity index (χ1n) is 10.8. The molecule has 0 radical (unpaired) electrons. The van der Waals surface area contributed by atoms with E-state index in [4.69, 9.17) is 14.6 Å². The fraction of sp³-hybridized carbons (Fsp3) is 0.739. The van der Waals surface area contributed by atoms with Gasteiger partial charge in [0.05, 0.1) is 25.4 Å². The van der Waals surface area contributed by atoms with Crippen LogP contribution in [0.2, 0.25) is 0 Å². The molecular weight excluding hydrogens is 356 g/mol. The molecule has 0 aromatic heterocycles. The highest BCUT2D eigenvalue weighted by atomic mass is 16.6. The third-order valence-corrected chi connectivity index (χ3v) is 5.72. The van der Waals surface area contributed by atoms with E-state index in [1.165, 1.54) is 5.57 Å². The summed E-state index contributed by atoms with van der Waals surface area (Å²) in [6.07, 6.45) is 13.6. The molecule has 1 saturated heterocycles. The minimum absolute atomic E-state index is 0.128. The van der Waals surface area contributed by atoms with Gasteiger partial charge in [-0.25, -0.2) is 0 Å². The van der Waals surface area contributed by atoms with E-state index in [1.54, 1.807) is 6.08 Å². The summed E-state index contributed by atoms with van der Waals surface area (Å²) in [5.74, 6) is 0.165. The van der Waals surface area contributed by atoms with Crippen molar-refractivity contribution in [3.8, 4) is 0 Å². The predicted molar refractivity (Wildman–Crippen MR) is 109 cm³/mol. The number of unbranched alkanes of at least 4 members (excludes halogenated alkanes) is 3. The Morgan fingerprint density at radius 2 is 1.79 bits per heavy atom. The quantitative estimate of drug-likeness (QED) is 0.296. The summed E-state index contributed by atoms with van der Waals surface area (Å²) in [4.78, 5) is 22.8. The van der Waals surface area contributed by atoms with Gasteiger partial charge in [-0.15, -0.1) is 0 Å². The number of ketones is 1. The van der Waals surface area contributed by atoms with Crippen molar-refractivity contribution in [1.82, 2.24) is 0 Å². The third-order valence-electron chi connectivity index (χ3n) is 5.72. The topological polar surface area (TPSA) is 72.8 Å². The SMILES string of the molecule is CC(C)=CCCC(=O)C=C[C@H]1CC2OCCOC2[C@@H]1CCCCCCC(=O)O. The van der Waals surface area contributed by atoms with Gasteiger partial charge in [0.1, 0.15) is 0 Å². The Morgan fingerprint density at radius 3 is 2.54 bits per heavy atom. The number of hydrogen-bond donors (Lipinski definition) is 1. The Labute approximate surface area is 169 Å². The van der Waals surface area contributed by atoms with Gasteiger partial charge in [0.2, 0.25) is 0 Å². The Kier molecular flexibility index (Phi) is 9.93. The first-order chi connectivity index (χ1) is 13.5. The van der Waals surface area contributed by atoms with Crippen LogP contribution in [0.4, 0.5) is 0 Å². The summed E-state index contributed by atoms with van der Waals surface area (Å²) in [7, 11) is 0. The Hall–Kier alpha value is -1.46. The molecule has 5 heteroatoms. The van der Waals surface area contributed by atoms with Gasteiger partial charge < -0.3 is 14.6 Å². The number of hydrogen-bond acceptors (Lipinski definition) is 4. The second kappa shape index (κ2) is 12.2. The van der Waals surface area contributed by atoms with Crippen LogP contribution in [0.3, 0.4) is 0 Å². The molecule has 5 nitrogen and oxygen atoms in total. The molecule has 0 spiro atoms. The van der Waals surface area contributed by atoms with E-state index in [0.29, 0.717) is 31.5 Å². The van der Waals surface area contributed by atoms with Gasteiger partial charge in [-0.1, -0.05) is 37.0 Å². The fourth-order valence-electron chi connectivity index (χ4n) is 4.30. The Morgan fingerprint density at radius 1 is 1.04 bits per heavy atom. The van der Waals surface area contributed by atoms with Gasteiger partial charge in [0.25, 0.3) is 0 Å². The molecule has 0 aromatic carbocycles. The van der Waals surface area contributed by atoms with Crippen molar-refractivity contribution in [3.05, 3.63) is 23.8 Å². The Bertz CT molecular complexity index is 561. The van der Waals surface area contributed by atoms with Crippen LogP contribution in [0.15, 0.2) is 23.8 Å². The molecule has 2 fully saturated rings. The molecule has 1 aliphatic heterocycles. The van der Waals surface area contributed by atoms with Crippen LogP contribution in [-0.4, -0.2) is 42.3 Å². The molecule has 0 amide bonds. The molecule has 28 heavy (non-hydrogen) atoms. The molecule has 1 N–H and O–H groups in total. The van der Waals surface area contributed by atoms with E-state index < -0.39 is 5.97 Å². The maximum atomic E-state index is 12.2. The van der Waals surface area contributed by atoms with Gasteiger partial charge in [-0.3, -0.25) is 9.59 Å². The zero-order chi connectivity index (χ0) is 20.4. The molecular formula is C23H36O5. The highest BCUT2D eigenvalue weighted by Crippen LogP contribution is 2.41. The number of ether oxygens (including phenoxy) is 2. The highest BCUT2D eigenvalue weighted by molar-refractivity contribution is 5.89. The first-order valence-corrected chi connectivity index (χ1v) is 10.8. The molecule has 2 rings (SSSR count). The van der Waals surface area contributed by atoms with Crippen LogP contribution in [-0.2, 0) is 19.1 Å². The van der Waals surface area contributed by atoms with Crippen molar-refractivity contribution in [2.75, 3.05) is 13.2 Å². The van der Waals surface area contributed by atoms with E-state index in [-0.39, 0.29) is 24.4 Å². The largest absolute Gasteiger partial charge is 0.481 e. The van der Waals surface area contributed by atoms with Crippen LogP contribution in [0, 0.1) is 11.8 Å². The van der Waals surface area contributed by atoms with Crippen molar-refractivity contribution >= 4 is 11.8 Å². The summed E-state index contributed by atoms with van der Waals surface area (Å²) in [5, 5.41) is 8.72. The first kappa shape index (κ1) is 22.8. The second-order valence-corrected chi connectivity index (χ2v) is 8.30. The van der Waals surface area contributed by atoms with Crippen molar-refractivity contribution in [2.45, 2.75) is 83.8 Å². The standard InChI is InChI=1S/C23H36O5/c1-17(2)8-7-9-19(24)13-12-18-16-21-23(28-15-14-27-21)20(18)10-5-3-4-6-11-22(25)26/h8,12-13,18,20-21,23H,3-7,9-11,14-16H2,1-2H3,(H,25,26)/t18-,20+,21?,23?/m0/s1. The smallest absolute Gasteiger partial charge is 0.303 e. The monoisotopic (exact) mass is 392 g/mol. The minimum atomic E-state index is -0.717. The average molecular weight is 393 g/mol. The van der Waals surface area contributed by atoms with Crippen molar-refractivity contribution < 1.29 is 24.2 Å². The number of allylic oxidation sites excluding steroid dienone is 4. The lowest BCUT2D eigenvalue weighted by molar-refractivity contribution is -0.138. The molecule has 158 valence electrons. The number of carboxylic acids is 1.